The zero-order chi connectivity index (χ0) is 10.9. The Morgan fingerprint density at radius 2 is 2.07 bits per heavy atom. The molecule has 0 heterocycles. The quantitative estimate of drug-likeness (QED) is 0.691. The van der Waals surface area contributed by atoms with Crippen LogP contribution in [-0.4, -0.2) is 36.3 Å². The van der Waals surface area contributed by atoms with Crippen molar-refractivity contribution in [2.75, 3.05) is 25.2 Å². The maximum Gasteiger partial charge on any atom is 0.0587 e. The standard InChI is InChI=1S/C12H19NOS/c1-15-8-7-13-12(10-14)9-11-5-3-2-4-6-11/h2-6,12-14H,7-10H2,1H3. The lowest BCUT2D eigenvalue weighted by molar-refractivity contribution is 0.244. The highest BCUT2D eigenvalue weighted by Gasteiger charge is 2.06. The molecule has 0 aliphatic heterocycles. The molecule has 2 nitrogen and oxygen atoms in total. The summed E-state index contributed by atoms with van der Waals surface area (Å²) in [7, 11) is 0. The summed E-state index contributed by atoms with van der Waals surface area (Å²) in [6, 6.07) is 10.5. The van der Waals surface area contributed by atoms with Gasteiger partial charge in [0.2, 0.25) is 0 Å². The number of thioether (sulfide) groups is 1. The van der Waals surface area contributed by atoms with Crippen molar-refractivity contribution >= 4 is 11.8 Å². The third-order valence-electron chi connectivity index (χ3n) is 2.28. The van der Waals surface area contributed by atoms with Crippen LogP contribution in [0.2, 0.25) is 0 Å². The molecule has 0 bridgehead atoms. The minimum atomic E-state index is 0.180. The van der Waals surface area contributed by atoms with E-state index < -0.39 is 0 Å². The minimum absolute atomic E-state index is 0.180. The average molecular weight is 225 g/mol. The van der Waals surface area contributed by atoms with Crippen molar-refractivity contribution in [2.24, 2.45) is 0 Å². The van der Waals surface area contributed by atoms with Crippen LogP contribution in [0.15, 0.2) is 30.3 Å². The second-order valence-corrected chi connectivity index (χ2v) is 4.50. The van der Waals surface area contributed by atoms with Crippen molar-refractivity contribution in [1.29, 1.82) is 0 Å². The molecule has 0 spiro atoms. The van der Waals surface area contributed by atoms with Crippen LogP contribution >= 0.6 is 11.8 Å². The first-order chi connectivity index (χ1) is 7.36. The topological polar surface area (TPSA) is 32.3 Å². The van der Waals surface area contributed by atoms with E-state index in [4.69, 9.17) is 0 Å². The zero-order valence-electron chi connectivity index (χ0n) is 9.15. The van der Waals surface area contributed by atoms with Crippen LogP contribution in [0, 0.1) is 0 Å². The minimum Gasteiger partial charge on any atom is -0.395 e. The van der Waals surface area contributed by atoms with Gasteiger partial charge in [-0.2, -0.15) is 11.8 Å². The predicted octanol–water partition coefficient (Wildman–Crippen LogP) is 1.54. The van der Waals surface area contributed by atoms with E-state index in [0.29, 0.717) is 0 Å². The van der Waals surface area contributed by atoms with Gasteiger partial charge < -0.3 is 10.4 Å². The van der Waals surface area contributed by atoms with E-state index in [1.807, 2.05) is 30.0 Å². The van der Waals surface area contributed by atoms with Gasteiger partial charge in [0.05, 0.1) is 6.61 Å². The lowest BCUT2D eigenvalue weighted by Gasteiger charge is -2.15. The van der Waals surface area contributed by atoms with Gasteiger partial charge in [-0.15, -0.1) is 0 Å². The zero-order valence-corrected chi connectivity index (χ0v) is 9.96. The molecule has 1 rings (SSSR count). The Bertz CT molecular complexity index is 253. The molecule has 3 heteroatoms. The Balaban J connectivity index is 2.33. The highest BCUT2D eigenvalue weighted by atomic mass is 32.2. The summed E-state index contributed by atoms with van der Waals surface area (Å²) in [5, 5.41) is 12.6. The number of aliphatic hydroxyl groups excluding tert-OH is 1. The average Bonchev–Trinajstić information content (AvgIpc) is 2.29. The fourth-order valence-electron chi connectivity index (χ4n) is 1.46. The molecule has 0 aliphatic rings. The van der Waals surface area contributed by atoms with Crippen LogP contribution in [0.4, 0.5) is 0 Å². The van der Waals surface area contributed by atoms with Gasteiger partial charge >= 0.3 is 0 Å². The van der Waals surface area contributed by atoms with Gasteiger partial charge in [0.1, 0.15) is 0 Å². The first-order valence-electron chi connectivity index (χ1n) is 5.24. The van der Waals surface area contributed by atoms with Gasteiger partial charge in [-0.1, -0.05) is 30.3 Å². The lowest BCUT2D eigenvalue weighted by atomic mass is 10.1. The fraction of sp³-hybridized carbons (Fsp3) is 0.500. The van der Waals surface area contributed by atoms with Crippen LogP contribution in [0.5, 0.6) is 0 Å². The van der Waals surface area contributed by atoms with Crippen LogP contribution in [0.25, 0.3) is 0 Å². The Kier molecular flexibility index (Phi) is 6.48. The van der Waals surface area contributed by atoms with E-state index in [9.17, 15) is 5.11 Å². The Morgan fingerprint density at radius 1 is 1.33 bits per heavy atom. The summed E-state index contributed by atoms with van der Waals surface area (Å²) in [5.74, 6) is 1.09. The van der Waals surface area contributed by atoms with Crippen LogP contribution in [0.3, 0.4) is 0 Å². The molecule has 0 amide bonds. The molecule has 15 heavy (non-hydrogen) atoms. The highest BCUT2D eigenvalue weighted by Crippen LogP contribution is 2.02. The van der Waals surface area contributed by atoms with Gasteiger partial charge in [-0.05, 0) is 18.2 Å². The molecule has 0 aliphatic carbocycles. The van der Waals surface area contributed by atoms with Crippen molar-refractivity contribution in [3.63, 3.8) is 0 Å². The molecule has 0 saturated carbocycles. The van der Waals surface area contributed by atoms with Crippen molar-refractivity contribution in [1.82, 2.24) is 5.32 Å². The van der Waals surface area contributed by atoms with E-state index in [1.54, 1.807) is 0 Å². The molecule has 0 aromatic heterocycles. The Hall–Kier alpha value is -0.510. The van der Waals surface area contributed by atoms with Gasteiger partial charge in [-0.3, -0.25) is 0 Å². The summed E-state index contributed by atoms with van der Waals surface area (Å²) in [5.41, 5.74) is 1.27. The van der Waals surface area contributed by atoms with E-state index >= 15 is 0 Å². The van der Waals surface area contributed by atoms with Gasteiger partial charge in [-0.25, -0.2) is 0 Å². The Labute approximate surface area is 96.1 Å². The fourth-order valence-corrected chi connectivity index (χ4v) is 1.79. The molecule has 2 N–H and O–H groups in total. The normalized spacial score (nSPS) is 12.7. The molecule has 0 saturated heterocycles. The maximum absolute atomic E-state index is 9.22. The molecular weight excluding hydrogens is 206 g/mol. The lowest BCUT2D eigenvalue weighted by Crippen LogP contribution is -2.35. The van der Waals surface area contributed by atoms with E-state index in [-0.39, 0.29) is 12.6 Å². The molecule has 0 radical (unpaired) electrons. The summed E-state index contributed by atoms with van der Waals surface area (Å²) in [4.78, 5) is 0. The van der Waals surface area contributed by atoms with Crippen LogP contribution in [0.1, 0.15) is 5.56 Å². The predicted molar refractivity (Wildman–Crippen MR) is 67.4 cm³/mol. The number of nitrogens with one attached hydrogen (secondary N) is 1. The second kappa shape index (κ2) is 7.74. The second-order valence-electron chi connectivity index (χ2n) is 3.52. The monoisotopic (exact) mass is 225 g/mol. The number of rotatable bonds is 7. The Morgan fingerprint density at radius 3 is 2.67 bits per heavy atom. The third-order valence-corrected chi connectivity index (χ3v) is 2.90. The molecular formula is C12H19NOS. The summed E-state index contributed by atoms with van der Waals surface area (Å²) in [6.07, 6.45) is 2.98. The van der Waals surface area contributed by atoms with E-state index in [1.165, 1.54) is 5.56 Å². The van der Waals surface area contributed by atoms with Crippen molar-refractivity contribution < 1.29 is 5.11 Å². The number of hydrogen-bond acceptors (Lipinski definition) is 3. The van der Waals surface area contributed by atoms with Crippen molar-refractivity contribution in [2.45, 2.75) is 12.5 Å². The molecule has 84 valence electrons. The van der Waals surface area contributed by atoms with Crippen molar-refractivity contribution in [3.8, 4) is 0 Å². The van der Waals surface area contributed by atoms with Gasteiger partial charge in [0.25, 0.3) is 0 Å². The first kappa shape index (κ1) is 12.6. The van der Waals surface area contributed by atoms with Crippen LogP contribution < -0.4 is 5.32 Å². The molecule has 1 aromatic rings. The molecule has 0 fully saturated rings. The maximum atomic E-state index is 9.22. The smallest absolute Gasteiger partial charge is 0.0587 e. The van der Waals surface area contributed by atoms with E-state index in [0.717, 1.165) is 18.7 Å². The largest absolute Gasteiger partial charge is 0.395 e. The van der Waals surface area contributed by atoms with E-state index in [2.05, 4.69) is 23.7 Å². The third kappa shape index (κ3) is 5.21. The summed E-state index contributed by atoms with van der Waals surface area (Å²) in [6.45, 7) is 1.16. The SMILES string of the molecule is CSCCNC(CO)Cc1ccccc1. The molecule has 1 unspecified atom stereocenters. The number of aliphatic hydroxyl groups is 1. The molecule has 1 aromatic carbocycles. The number of hydrogen-bond donors (Lipinski definition) is 2. The van der Waals surface area contributed by atoms with Crippen molar-refractivity contribution in [3.05, 3.63) is 35.9 Å². The molecule has 1 atom stereocenters. The summed E-state index contributed by atoms with van der Waals surface area (Å²) >= 11 is 1.82. The van der Waals surface area contributed by atoms with Gasteiger partial charge in [0, 0.05) is 18.3 Å². The van der Waals surface area contributed by atoms with Crippen LogP contribution in [-0.2, 0) is 6.42 Å². The van der Waals surface area contributed by atoms with Gasteiger partial charge in [0.15, 0.2) is 0 Å². The first-order valence-corrected chi connectivity index (χ1v) is 6.63. The number of benzene rings is 1. The summed E-state index contributed by atoms with van der Waals surface area (Å²) < 4.78 is 0. The highest BCUT2D eigenvalue weighted by molar-refractivity contribution is 7.98.